The van der Waals surface area contributed by atoms with Crippen LogP contribution < -0.4 is 5.32 Å². The maximum absolute atomic E-state index is 12.4. The third-order valence-corrected chi connectivity index (χ3v) is 4.89. The molecule has 3 rings (SSSR count). The van der Waals surface area contributed by atoms with Gasteiger partial charge in [0.05, 0.1) is 0 Å². The molecular formula is C23H26N2O2. The Morgan fingerprint density at radius 2 is 1.59 bits per heavy atom. The number of benzene rings is 2. The lowest BCUT2D eigenvalue weighted by Gasteiger charge is -2.32. The molecule has 2 aromatic rings. The number of carbonyl (C=O) groups is 2. The number of nitrogens with zero attached hydrogens (tertiary/aromatic N) is 1. The molecule has 1 saturated heterocycles. The van der Waals surface area contributed by atoms with Crippen LogP contribution in [-0.2, 0) is 16.0 Å². The quantitative estimate of drug-likeness (QED) is 0.801. The minimum absolute atomic E-state index is 0.0762. The summed E-state index contributed by atoms with van der Waals surface area (Å²) in [6.07, 6.45) is 6.33. The third kappa shape index (κ3) is 6.10. The Morgan fingerprint density at radius 1 is 0.963 bits per heavy atom. The van der Waals surface area contributed by atoms with E-state index in [4.69, 9.17) is 0 Å². The molecule has 2 aromatic carbocycles. The van der Waals surface area contributed by atoms with E-state index in [0.29, 0.717) is 19.5 Å². The standard InChI is InChI=1S/C23H26N2O2/c26-22(13-11-19-7-3-1-4-8-19)24-21-15-17-25(18-16-21)23(27)14-12-20-9-5-2-6-10-20/h1-11,13,21H,12,14-18H2,(H,24,26)/b13-11+. The van der Waals surface area contributed by atoms with Gasteiger partial charge in [-0.25, -0.2) is 0 Å². The third-order valence-electron chi connectivity index (χ3n) is 4.89. The van der Waals surface area contributed by atoms with E-state index in [1.54, 1.807) is 6.08 Å². The van der Waals surface area contributed by atoms with Crippen LogP contribution in [0, 0.1) is 0 Å². The largest absolute Gasteiger partial charge is 0.350 e. The van der Waals surface area contributed by atoms with E-state index in [-0.39, 0.29) is 17.9 Å². The second kappa shape index (κ2) is 9.72. The van der Waals surface area contributed by atoms with Crippen LogP contribution in [0.3, 0.4) is 0 Å². The molecule has 0 aliphatic carbocycles. The Balaban J connectivity index is 1.38. The van der Waals surface area contributed by atoms with Crippen molar-refractivity contribution in [2.75, 3.05) is 13.1 Å². The summed E-state index contributed by atoms with van der Waals surface area (Å²) in [4.78, 5) is 26.4. The van der Waals surface area contributed by atoms with Crippen LogP contribution in [0.25, 0.3) is 6.08 Å². The Kier molecular flexibility index (Phi) is 6.80. The molecule has 0 bridgehead atoms. The first-order valence-corrected chi connectivity index (χ1v) is 9.56. The number of nitrogens with one attached hydrogen (secondary N) is 1. The molecule has 27 heavy (non-hydrogen) atoms. The van der Waals surface area contributed by atoms with Gasteiger partial charge in [-0.05, 0) is 36.5 Å². The number of piperidine rings is 1. The number of carbonyl (C=O) groups excluding carboxylic acids is 2. The monoisotopic (exact) mass is 362 g/mol. The maximum Gasteiger partial charge on any atom is 0.244 e. The van der Waals surface area contributed by atoms with Crippen molar-refractivity contribution in [2.24, 2.45) is 0 Å². The number of hydrogen-bond acceptors (Lipinski definition) is 2. The Hall–Kier alpha value is -2.88. The van der Waals surface area contributed by atoms with E-state index in [2.05, 4.69) is 17.4 Å². The molecule has 0 spiro atoms. The Morgan fingerprint density at radius 3 is 2.26 bits per heavy atom. The van der Waals surface area contributed by atoms with Crippen molar-refractivity contribution < 1.29 is 9.59 Å². The van der Waals surface area contributed by atoms with E-state index in [0.717, 1.165) is 24.8 Å². The van der Waals surface area contributed by atoms with Crippen molar-refractivity contribution in [3.63, 3.8) is 0 Å². The summed E-state index contributed by atoms with van der Waals surface area (Å²) in [5, 5.41) is 3.04. The van der Waals surface area contributed by atoms with Crippen LogP contribution >= 0.6 is 0 Å². The Labute approximate surface area is 160 Å². The summed E-state index contributed by atoms with van der Waals surface area (Å²) in [5.41, 5.74) is 2.20. The van der Waals surface area contributed by atoms with Crippen molar-refractivity contribution in [1.82, 2.24) is 10.2 Å². The normalized spacial score (nSPS) is 15.0. The van der Waals surface area contributed by atoms with Crippen molar-refractivity contribution in [3.05, 3.63) is 77.9 Å². The molecule has 1 fully saturated rings. The first-order valence-electron chi connectivity index (χ1n) is 9.56. The van der Waals surface area contributed by atoms with Crippen LogP contribution in [0.4, 0.5) is 0 Å². The topological polar surface area (TPSA) is 49.4 Å². The zero-order chi connectivity index (χ0) is 18.9. The summed E-state index contributed by atoms with van der Waals surface area (Å²) in [6.45, 7) is 1.42. The van der Waals surface area contributed by atoms with Crippen LogP contribution in [-0.4, -0.2) is 35.8 Å². The van der Waals surface area contributed by atoms with Crippen LogP contribution in [0.15, 0.2) is 66.7 Å². The van der Waals surface area contributed by atoms with Gasteiger partial charge >= 0.3 is 0 Å². The van der Waals surface area contributed by atoms with Gasteiger partial charge < -0.3 is 10.2 Å². The van der Waals surface area contributed by atoms with Gasteiger partial charge in [0, 0.05) is 31.6 Å². The minimum atomic E-state index is -0.0762. The van der Waals surface area contributed by atoms with Crippen LogP contribution in [0.1, 0.15) is 30.4 Å². The zero-order valence-corrected chi connectivity index (χ0v) is 15.5. The molecule has 1 N–H and O–H groups in total. The van der Waals surface area contributed by atoms with E-state index in [1.807, 2.05) is 59.5 Å². The number of amides is 2. The lowest BCUT2D eigenvalue weighted by molar-refractivity contribution is -0.132. The molecular weight excluding hydrogens is 336 g/mol. The van der Waals surface area contributed by atoms with Gasteiger partial charge in [-0.3, -0.25) is 9.59 Å². The average Bonchev–Trinajstić information content (AvgIpc) is 2.72. The second-order valence-corrected chi connectivity index (χ2v) is 6.89. The van der Waals surface area contributed by atoms with Gasteiger partial charge in [0.15, 0.2) is 0 Å². The lowest BCUT2D eigenvalue weighted by Crippen LogP contribution is -2.46. The number of rotatable bonds is 6. The summed E-state index contributed by atoms with van der Waals surface area (Å²) < 4.78 is 0. The molecule has 1 aliphatic rings. The van der Waals surface area contributed by atoms with Gasteiger partial charge in [0.2, 0.25) is 11.8 Å². The molecule has 140 valence electrons. The molecule has 4 heteroatoms. The first-order chi connectivity index (χ1) is 13.2. The summed E-state index contributed by atoms with van der Waals surface area (Å²) >= 11 is 0. The lowest BCUT2D eigenvalue weighted by atomic mass is 10.0. The van der Waals surface area contributed by atoms with Crippen LogP contribution in [0.2, 0.25) is 0 Å². The molecule has 2 amide bonds. The summed E-state index contributed by atoms with van der Waals surface area (Å²) in [5.74, 6) is 0.125. The predicted octanol–water partition coefficient (Wildman–Crippen LogP) is 3.44. The molecule has 0 saturated carbocycles. The summed E-state index contributed by atoms with van der Waals surface area (Å²) in [7, 11) is 0. The highest BCUT2D eigenvalue weighted by Crippen LogP contribution is 2.13. The van der Waals surface area contributed by atoms with Gasteiger partial charge in [0.25, 0.3) is 0 Å². The number of hydrogen-bond donors (Lipinski definition) is 1. The van der Waals surface area contributed by atoms with Crippen molar-refractivity contribution in [1.29, 1.82) is 0 Å². The fraction of sp³-hybridized carbons (Fsp3) is 0.304. The first kappa shape index (κ1) is 18.9. The fourth-order valence-corrected chi connectivity index (χ4v) is 3.31. The van der Waals surface area contributed by atoms with E-state index in [1.165, 1.54) is 5.56 Å². The molecule has 0 atom stereocenters. The summed E-state index contributed by atoms with van der Waals surface area (Å²) in [6, 6.07) is 20.0. The second-order valence-electron chi connectivity index (χ2n) is 6.89. The average molecular weight is 362 g/mol. The van der Waals surface area contributed by atoms with E-state index < -0.39 is 0 Å². The van der Waals surface area contributed by atoms with E-state index >= 15 is 0 Å². The predicted molar refractivity (Wildman–Crippen MR) is 108 cm³/mol. The molecule has 0 unspecified atom stereocenters. The van der Waals surface area contributed by atoms with Gasteiger partial charge in [-0.1, -0.05) is 60.7 Å². The molecule has 1 aliphatic heterocycles. The highest BCUT2D eigenvalue weighted by atomic mass is 16.2. The SMILES string of the molecule is O=C(/C=C/c1ccccc1)NC1CCN(C(=O)CCc2ccccc2)CC1. The van der Waals surface area contributed by atoms with Gasteiger partial charge in [-0.2, -0.15) is 0 Å². The highest BCUT2D eigenvalue weighted by molar-refractivity contribution is 5.91. The maximum atomic E-state index is 12.4. The van der Waals surface area contributed by atoms with E-state index in [9.17, 15) is 9.59 Å². The highest BCUT2D eigenvalue weighted by Gasteiger charge is 2.23. The molecule has 0 aromatic heterocycles. The molecule has 1 heterocycles. The van der Waals surface area contributed by atoms with Crippen molar-refractivity contribution in [3.8, 4) is 0 Å². The molecule has 0 radical (unpaired) electrons. The smallest absolute Gasteiger partial charge is 0.244 e. The number of aryl methyl sites for hydroxylation is 1. The van der Waals surface area contributed by atoms with Gasteiger partial charge in [0.1, 0.15) is 0 Å². The number of likely N-dealkylation sites (tertiary alicyclic amines) is 1. The van der Waals surface area contributed by atoms with Crippen molar-refractivity contribution >= 4 is 17.9 Å². The molecule has 4 nitrogen and oxygen atoms in total. The van der Waals surface area contributed by atoms with Gasteiger partial charge in [-0.15, -0.1) is 0 Å². The minimum Gasteiger partial charge on any atom is -0.350 e. The fourth-order valence-electron chi connectivity index (χ4n) is 3.31. The van der Waals surface area contributed by atoms with Crippen LogP contribution in [0.5, 0.6) is 0 Å². The zero-order valence-electron chi connectivity index (χ0n) is 15.5. The van der Waals surface area contributed by atoms with Crippen molar-refractivity contribution in [2.45, 2.75) is 31.7 Å². The Bertz CT molecular complexity index is 763.